The first-order chi connectivity index (χ1) is 14.0. The summed E-state index contributed by atoms with van der Waals surface area (Å²) in [6.07, 6.45) is 8.23. The zero-order valence-electron chi connectivity index (χ0n) is 17.9. The van der Waals surface area contributed by atoms with Crippen molar-refractivity contribution >= 4 is 22.5 Å². The van der Waals surface area contributed by atoms with Gasteiger partial charge in [0.1, 0.15) is 0 Å². The Hall–Kier alpha value is -2.34. The largest absolute Gasteiger partial charge is 0.337 e. The summed E-state index contributed by atoms with van der Waals surface area (Å²) in [6, 6.07) is 7.84. The lowest BCUT2D eigenvalue weighted by Gasteiger charge is -2.31. The number of pyridine rings is 1. The lowest BCUT2D eigenvalue weighted by molar-refractivity contribution is 0.192. The zero-order valence-corrected chi connectivity index (χ0v) is 17.9. The van der Waals surface area contributed by atoms with Gasteiger partial charge in [-0.05, 0) is 31.9 Å². The maximum Gasteiger partial charge on any atom is 0.319 e. The molecule has 0 radical (unpaired) electrons. The van der Waals surface area contributed by atoms with E-state index in [2.05, 4.69) is 36.4 Å². The summed E-state index contributed by atoms with van der Waals surface area (Å²) in [7, 11) is 2.14. The molecule has 3 rings (SSSR count). The Balaban J connectivity index is 1.65. The Morgan fingerprint density at radius 3 is 2.55 bits per heavy atom. The van der Waals surface area contributed by atoms with E-state index >= 15 is 0 Å². The molecule has 0 bridgehead atoms. The second-order valence-corrected chi connectivity index (χ2v) is 8.59. The first-order valence-corrected chi connectivity index (χ1v) is 10.8. The Kier molecular flexibility index (Phi) is 7.31. The molecular formula is C23H34N4O2. The molecule has 6 nitrogen and oxygen atoms in total. The minimum atomic E-state index is -0.234. The third-order valence-electron chi connectivity index (χ3n) is 5.75. The number of carbonyl (C=O) groups is 1. The van der Waals surface area contributed by atoms with E-state index in [1.807, 2.05) is 24.3 Å². The number of likely N-dealkylation sites (N-methyl/N-ethyl adjacent to an activating group) is 1. The quantitative estimate of drug-likeness (QED) is 0.740. The molecule has 1 fully saturated rings. The summed E-state index contributed by atoms with van der Waals surface area (Å²) in [5.41, 5.74) is 0.647. The Morgan fingerprint density at radius 2 is 1.86 bits per heavy atom. The van der Waals surface area contributed by atoms with Crippen molar-refractivity contribution in [1.29, 1.82) is 0 Å². The highest BCUT2D eigenvalue weighted by atomic mass is 16.2. The van der Waals surface area contributed by atoms with E-state index in [1.54, 1.807) is 10.8 Å². The van der Waals surface area contributed by atoms with Crippen LogP contribution in [-0.2, 0) is 6.54 Å². The van der Waals surface area contributed by atoms with Gasteiger partial charge in [0.05, 0.1) is 5.69 Å². The van der Waals surface area contributed by atoms with Gasteiger partial charge in [-0.2, -0.15) is 0 Å². The minimum absolute atomic E-state index is 0.0191. The molecule has 0 unspecified atom stereocenters. The van der Waals surface area contributed by atoms with Crippen molar-refractivity contribution in [2.75, 3.05) is 25.5 Å². The Labute approximate surface area is 173 Å². The molecule has 0 aliphatic heterocycles. The predicted octanol–water partition coefficient (Wildman–Crippen LogP) is 4.04. The third kappa shape index (κ3) is 5.60. The number of nitrogens with zero attached hydrogens (tertiary/aromatic N) is 2. The lowest BCUT2D eigenvalue weighted by Crippen LogP contribution is -2.40. The van der Waals surface area contributed by atoms with Gasteiger partial charge in [-0.25, -0.2) is 4.79 Å². The van der Waals surface area contributed by atoms with Gasteiger partial charge in [-0.1, -0.05) is 51.3 Å². The standard InChI is InChI=1S/C23H34N4O2/c1-17(2)15-27-16-21(19-11-7-8-12-20(19)22(27)28)25-23(29)24-13-14-26(3)18-9-5-4-6-10-18/h7-8,11-12,16-18H,4-6,9-10,13-15H2,1-3H3,(H2,24,25,29). The van der Waals surface area contributed by atoms with Gasteiger partial charge in [0.2, 0.25) is 0 Å². The van der Waals surface area contributed by atoms with Crippen LogP contribution in [0.4, 0.5) is 10.5 Å². The van der Waals surface area contributed by atoms with Crippen molar-refractivity contribution < 1.29 is 4.79 Å². The molecule has 1 aromatic heterocycles. The fourth-order valence-electron chi connectivity index (χ4n) is 4.19. The van der Waals surface area contributed by atoms with Crippen LogP contribution in [0, 0.1) is 5.92 Å². The van der Waals surface area contributed by atoms with Crippen molar-refractivity contribution in [2.45, 2.75) is 58.5 Å². The first kappa shape index (κ1) is 21.4. The molecular weight excluding hydrogens is 364 g/mol. The normalized spacial score (nSPS) is 15.2. The molecule has 1 aromatic carbocycles. The molecule has 29 heavy (non-hydrogen) atoms. The van der Waals surface area contributed by atoms with Crippen molar-refractivity contribution in [3.63, 3.8) is 0 Å². The van der Waals surface area contributed by atoms with E-state index in [0.29, 0.717) is 36.1 Å². The number of amides is 2. The molecule has 0 saturated heterocycles. The van der Waals surface area contributed by atoms with Gasteiger partial charge < -0.3 is 20.1 Å². The van der Waals surface area contributed by atoms with Gasteiger partial charge in [0.25, 0.3) is 5.56 Å². The van der Waals surface area contributed by atoms with Crippen molar-refractivity contribution in [2.24, 2.45) is 5.92 Å². The molecule has 2 aromatic rings. The average molecular weight is 399 g/mol. The molecule has 1 aliphatic rings. The second-order valence-electron chi connectivity index (χ2n) is 8.59. The summed E-state index contributed by atoms with van der Waals surface area (Å²) < 4.78 is 1.69. The summed E-state index contributed by atoms with van der Waals surface area (Å²) >= 11 is 0. The number of urea groups is 1. The highest BCUT2D eigenvalue weighted by Crippen LogP contribution is 2.22. The average Bonchev–Trinajstić information content (AvgIpc) is 2.71. The Bertz CT molecular complexity index is 884. The van der Waals surface area contributed by atoms with Gasteiger partial charge in [0, 0.05) is 42.6 Å². The van der Waals surface area contributed by atoms with Crippen molar-refractivity contribution in [3.05, 3.63) is 40.8 Å². The van der Waals surface area contributed by atoms with Crippen LogP contribution in [0.15, 0.2) is 35.3 Å². The second kappa shape index (κ2) is 9.92. The summed E-state index contributed by atoms with van der Waals surface area (Å²) in [4.78, 5) is 27.6. The van der Waals surface area contributed by atoms with Crippen LogP contribution in [0.1, 0.15) is 46.0 Å². The SMILES string of the molecule is CC(C)Cn1cc(NC(=O)NCCN(C)C2CCCCC2)c2ccccc2c1=O. The molecule has 1 aliphatic carbocycles. The van der Waals surface area contributed by atoms with Crippen LogP contribution in [0.2, 0.25) is 0 Å². The maximum atomic E-state index is 12.7. The van der Waals surface area contributed by atoms with Gasteiger partial charge in [0.15, 0.2) is 0 Å². The summed E-state index contributed by atoms with van der Waals surface area (Å²) in [6.45, 7) is 6.20. The molecule has 1 saturated carbocycles. The summed E-state index contributed by atoms with van der Waals surface area (Å²) in [5, 5.41) is 7.31. The lowest BCUT2D eigenvalue weighted by atomic mass is 9.94. The highest BCUT2D eigenvalue weighted by molar-refractivity contribution is 6.00. The van der Waals surface area contributed by atoms with E-state index in [9.17, 15) is 9.59 Å². The smallest absolute Gasteiger partial charge is 0.319 e. The molecule has 6 heteroatoms. The topological polar surface area (TPSA) is 66.4 Å². The number of rotatable bonds is 7. The zero-order chi connectivity index (χ0) is 20.8. The molecule has 0 atom stereocenters. The van der Waals surface area contributed by atoms with Crippen LogP contribution >= 0.6 is 0 Å². The monoisotopic (exact) mass is 398 g/mol. The number of hydrogen-bond acceptors (Lipinski definition) is 3. The van der Waals surface area contributed by atoms with E-state index < -0.39 is 0 Å². The minimum Gasteiger partial charge on any atom is -0.337 e. The van der Waals surface area contributed by atoms with E-state index in [0.717, 1.165) is 11.9 Å². The third-order valence-corrected chi connectivity index (χ3v) is 5.75. The molecule has 2 N–H and O–H groups in total. The van der Waals surface area contributed by atoms with Crippen LogP contribution in [0.5, 0.6) is 0 Å². The fraction of sp³-hybridized carbons (Fsp3) is 0.565. The van der Waals surface area contributed by atoms with Crippen molar-refractivity contribution in [1.82, 2.24) is 14.8 Å². The van der Waals surface area contributed by atoms with Crippen LogP contribution < -0.4 is 16.2 Å². The number of fused-ring (bicyclic) bond motifs is 1. The maximum absolute atomic E-state index is 12.7. The number of nitrogens with one attached hydrogen (secondary N) is 2. The van der Waals surface area contributed by atoms with Gasteiger partial charge in [-0.3, -0.25) is 4.79 Å². The highest BCUT2D eigenvalue weighted by Gasteiger charge is 2.18. The molecule has 1 heterocycles. The van der Waals surface area contributed by atoms with Gasteiger partial charge >= 0.3 is 6.03 Å². The molecule has 2 amide bonds. The number of hydrogen-bond donors (Lipinski definition) is 2. The van der Waals surface area contributed by atoms with Crippen LogP contribution in [0.25, 0.3) is 10.8 Å². The van der Waals surface area contributed by atoms with E-state index in [4.69, 9.17) is 0 Å². The molecule has 158 valence electrons. The van der Waals surface area contributed by atoms with Crippen molar-refractivity contribution in [3.8, 4) is 0 Å². The van der Waals surface area contributed by atoms with E-state index in [1.165, 1.54) is 32.1 Å². The molecule has 0 spiro atoms. The number of carbonyl (C=O) groups excluding carboxylic acids is 1. The van der Waals surface area contributed by atoms with E-state index in [-0.39, 0.29) is 11.6 Å². The predicted molar refractivity (Wildman–Crippen MR) is 120 cm³/mol. The Morgan fingerprint density at radius 1 is 1.17 bits per heavy atom. The fourth-order valence-corrected chi connectivity index (χ4v) is 4.19. The first-order valence-electron chi connectivity index (χ1n) is 10.8. The number of aromatic nitrogens is 1. The summed E-state index contributed by atoms with van der Waals surface area (Å²) in [5.74, 6) is 0.339. The number of benzene rings is 1. The number of anilines is 1. The van der Waals surface area contributed by atoms with Gasteiger partial charge in [-0.15, -0.1) is 0 Å². The van der Waals surface area contributed by atoms with Crippen LogP contribution in [-0.4, -0.2) is 41.7 Å². The van der Waals surface area contributed by atoms with Crippen LogP contribution in [0.3, 0.4) is 0 Å².